The Balaban J connectivity index is 2.35. The monoisotopic (exact) mass is 221 g/mol. The van der Waals surface area contributed by atoms with Crippen molar-refractivity contribution in [2.75, 3.05) is 5.73 Å². The quantitative estimate of drug-likeness (QED) is 0.687. The lowest BCUT2D eigenvalue weighted by Crippen LogP contribution is -1.93. The number of pyridine rings is 2. The highest BCUT2D eigenvalue weighted by atomic mass is 14.8. The first-order valence-electron chi connectivity index (χ1n) is 5.40. The number of nitrogens with zero attached hydrogens (tertiary/aromatic N) is 2. The van der Waals surface area contributed by atoms with Crippen molar-refractivity contribution in [2.45, 2.75) is 0 Å². The lowest BCUT2D eigenvalue weighted by atomic mass is 10.0. The number of rotatable bonds is 1. The number of hydrogen-bond donors (Lipinski definition) is 1. The van der Waals surface area contributed by atoms with Crippen LogP contribution in [-0.4, -0.2) is 9.97 Å². The van der Waals surface area contributed by atoms with Crippen LogP contribution in [-0.2, 0) is 0 Å². The van der Waals surface area contributed by atoms with Crippen LogP contribution in [0.3, 0.4) is 0 Å². The molecule has 17 heavy (non-hydrogen) atoms. The van der Waals surface area contributed by atoms with E-state index in [1.165, 1.54) is 0 Å². The van der Waals surface area contributed by atoms with Gasteiger partial charge in [-0.05, 0) is 29.1 Å². The molecule has 2 aromatic heterocycles. The second-order valence-electron chi connectivity index (χ2n) is 3.84. The Morgan fingerprint density at radius 2 is 1.76 bits per heavy atom. The molecule has 2 N–H and O–H groups in total. The number of nitrogen functional groups attached to an aromatic ring is 1. The highest BCUT2D eigenvalue weighted by Gasteiger charge is 2.06. The number of aromatic nitrogens is 2. The van der Waals surface area contributed by atoms with Crippen LogP contribution in [0.15, 0.2) is 55.0 Å². The fourth-order valence-corrected chi connectivity index (χ4v) is 1.99. The molecule has 1 aromatic carbocycles. The van der Waals surface area contributed by atoms with Crippen molar-refractivity contribution in [1.82, 2.24) is 9.97 Å². The average Bonchev–Trinajstić information content (AvgIpc) is 2.39. The predicted molar refractivity (Wildman–Crippen MR) is 69.4 cm³/mol. The minimum Gasteiger partial charge on any atom is -0.383 e. The summed E-state index contributed by atoms with van der Waals surface area (Å²) in [6, 6.07) is 12.0. The van der Waals surface area contributed by atoms with Crippen molar-refractivity contribution < 1.29 is 0 Å². The van der Waals surface area contributed by atoms with E-state index in [1.807, 2.05) is 36.5 Å². The van der Waals surface area contributed by atoms with E-state index in [4.69, 9.17) is 5.73 Å². The van der Waals surface area contributed by atoms with Crippen LogP contribution in [0.4, 0.5) is 5.82 Å². The number of benzene rings is 1. The van der Waals surface area contributed by atoms with E-state index >= 15 is 0 Å². The SMILES string of the molecule is Nc1ncccc1-c1cccc2ccncc12. The summed E-state index contributed by atoms with van der Waals surface area (Å²) in [5, 5.41) is 2.25. The Morgan fingerprint density at radius 1 is 0.882 bits per heavy atom. The van der Waals surface area contributed by atoms with Gasteiger partial charge in [0.25, 0.3) is 0 Å². The standard InChI is InChI=1S/C14H11N3/c15-14-12(5-2-7-17-14)11-4-1-3-10-6-8-16-9-13(10)11/h1-9H,(H2,15,17). The zero-order valence-corrected chi connectivity index (χ0v) is 9.17. The van der Waals surface area contributed by atoms with Gasteiger partial charge in [0.05, 0.1) is 0 Å². The fraction of sp³-hybridized carbons (Fsp3) is 0. The summed E-state index contributed by atoms with van der Waals surface area (Å²) < 4.78 is 0. The smallest absolute Gasteiger partial charge is 0.131 e. The van der Waals surface area contributed by atoms with Gasteiger partial charge < -0.3 is 5.73 Å². The first kappa shape index (κ1) is 9.78. The number of hydrogen-bond acceptors (Lipinski definition) is 3. The Kier molecular flexibility index (Phi) is 2.22. The van der Waals surface area contributed by atoms with E-state index in [2.05, 4.69) is 16.0 Å². The summed E-state index contributed by atoms with van der Waals surface area (Å²) in [5.74, 6) is 0.545. The summed E-state index contributed by atoms with van der Waals surface area (Å²) in [7, 11) is 0. The van der Waals surface area contributed by atoms with Crippen LogP contribution in [0, 0.1) is 0 Å². The van der Waals surface area contributed by atoms with Gasteiger partial charge in [0.2, 0.25) is 0 Å². The molecule has 82 valence electrons. The predicted octanol–water partition coefficient (Wildman–Crippen LogP) is 2.88. The zero-order valence-electron chi connectivity index (χ0n) is 9.17. The molecule has 3 heteroatoms. The normalized spacial score (nSPS) is 10.6. The Morgan fingerprint density at radius 3 is 2.65 bits per heavy atom. The molecule has 2 heterocycles. The highest BCUT2D eigenvalue weighted by molar-refractivity contribution is 5.98. The van der Waals surface area contributed by atoms with Crippen LogP contribution in [0.5, 0.6) is 0 Å². The van der Waals surface area contributed by atoms with E-state index in [0.717, 1.165) is 21.9 Å². The first-order chi connectivity index (χ1) is 8.36. The molecule has 0 unspecified atom stereocenters. The molecule has 0 radical (unpaired) electrons. The largest absolute Gasteiger partial charge is 0.383 e. The maximum absolute atomic E-state index is 5.91. The molecule has 0 fully saturated rings. The summed E-state index contributed by atoms with van der Waals surface area (Å²) in [6.07, 6.45) is 5.35. The van der Waals surface area contributed by atoms with Crippen LogP contribution in [0.1, 0.15) is 0 Å². The van der Waals surface area contributed by atoms with Gasteiger partial charge in [-0.1, -0.05) is 18.2 Å². The van der Waals surface area contributed by atoms with Crippen LogP contribution >= 0.6 is 0 Å². The van der Waals surface area contributed by atoms with Crippen molar-refractivity contribution >= 4 is 16.6 Å². The minimum absolute atomic E-state index is 0.545. The van der Waals surface area contributed by atoms with Crippen molar-refractivity contribution in [2.24, 2.45) is 0 Å². The molecule has 3 rings (SSSR count). The van der Waals surface area contributed by atoms with E-state index in [-0.39, 0.29) is 0 Å². The van der Waals surface area contributed by atoms with Crippen molar-refractivity contribution in [3.8, 4) is 11.1 Å². The lowest BCUT2D eigenvalue weighted by molar-refractivity contribution is 1.33. The molecule has 0 aliphatic carbocycles. The van der Waals surface area contributed by atoms with Gasteiger partial charge >= 0.3 is 0 Å². The highest BCUT2D eigenvalue weighted by Crippen LogP contribution is 2.30. The van der Waals surface area contributed by atoms with Gasteiger partial charge in [-0.15, -0.1) is 0 Å². The Bertz CT molecular complexity index is 672. The first-order valence-corrected chi connectivity index (χ1v) is 5.40. The molecule has 3 aromatic rings. The van der Waals surface area contributed by atoms with E-state index in [9.17, 15) is 0 Å². The van der Waals surface area contributed by atoms with Crippen molar-refractivity contribution in [3.63, 3.8) is 0 Å². The Labute approximate surface area is 98.9 Å². The average molecular weight is 221 g/mol. The molecule has 0 aliphatic heterocycles. The number of fused-ring (bicyclic) bond motifs is 1. The number of anilines is 1. The molecule has 0 aliphatic rings. The van der Waals surface area contributed by atoms with E-state index in [0.29, 0.717) is 5.82 Å². The van der Waals surface area contributed by atoms with Gasteiger partial charge in [-0.25, -0.2) is 4.98 Å². The second kappa shape index (κ2) is 3.87. The third kappa shape index (κ3) is 1.61. The van der Waals surface area contributed by atoms with E-state index < -0.39 is 0 Å². The van der Waals surface area contributed by atoms with Crippen molar-refractivity contribution in [3.05, 3.63) is 55.0 Å². The molecule has 0 saturated heterocycles. The van der Waals surface area contributed by atoms with E-state index in [1.54, 1.807) is 12.4 Å². The van der Waals surface area contributed by atoms with Crippen LogP contribution in [0.25, 0.3) is 21.9 Å². The zero-order chi connectivity index (χ0) is 11.7. The van der Waals surface area contributed by atoms with Gasteiger partial charge in [-0.2, -0.15) is 0 Å². The molecule has 0 spiro atoms. The molecule has 0 amide bonds. The minimum atomic E-state index is 0.545. The third-order valence-corrected chi connectivity index (χ3v) is 2.81. The molecular weight excluding hydrogens is 210 g/mol. The maximum atomic E-state index is 5.91. The van der Waals surface area contributed by atoms with Gasteiger partial charge in [0.15, 0.2) is 0 Å². The van der Waals surface area contributed by atoms with Crippen LogP contribution in [0.2, 0.25) is 0 Å². The topological polar surface area (TPSA) is 51.8 Å². The second-order valence-corrected chi connectivity index (χ2v) is 3.84. The fourth-order valence-electron chi connectivity index (χ4n) is 1.99. The molecule has 0 bridgehead atoms. The Hall–Kier alpha value is -2.42. The molecule has 0 saturated carbocycles. The summed E-state index contributed by atoms with van der Waals surface area (Å²) in [6.45, 7) is 0. The van der Waals surface area contributed by atoms with Crippen molar-refractivity contribution in [1.29, 1.82) is 0 Å². The maximum Gasteiger partial charge on any atom is 0.131 e. The van der Waals surface area contributed by atoms with Gasteiger partial charge in [-0.3, -0.25) is 4.98 Å². The third-order valence-electron chi connectivity index (χ3n) is 2.81. The lowest BCUT2D eigenvalue weighted by Gasteiger charge is -2.07. The van der Waals surface area contributed by atoms with Crippen LogP contribution < -0.4 is 5.73 Å². The summed E-state index contributed by atoms with van der Waals surface area (Å²) in [4.78, 5) is 8.29. The summed E-state index contributed by atoms with van der Waals surface area (Å²) >= 11 is 0. The number of nitrogens with two attached hydrogens (primary N) is 1. The molecule has 3 nitrogen and oxygen atoms in total. The summed E-state index contributed by atoms with van der Waals surface area (Å²) in [5.41, 5.74) is 7.93. The molecular formula is C14H11N3. The molecule has 0 atom stereocenters. The van der Waals surface area contributed by atoms with Gasteiger partial charge in [0, 0.05) is 29.5 Å². The van der Waals surface area contributed by atoms with Gasteiger partial charge in [0.1, 0.15) is 5.82 Å².